The number of likely N-dealkylation sites (tertiary alicyclic amines) is 1. The molecule has 1 aromatic rings. The minimum atomic E-state index is -0.681. The maximum absolute atomic E-state index is 12.5. The summed E-state index contributed by atoms with van der Waals surface area (Å²) in [6, 6.07) is 5.02. The number of amides is 2. The van der Waals surface area contributed by atoms with Gasteiger partial charge in [0.05, 0.1) is 11.3 Å². The summed E-state index contributed by atoms with van der Waals surface area (Å²) in [7, 11) is 0. The molecule has 1 fully saturated rings. The van der Waals surface area contributed by atoms with E-state index < -0.39 is 5.60 Å². The molecule has 3 rings (SSSR count). The van der Waals surface area contributed by atoms with Crippen molar-refractivity contribution in [1.29, 1.82) is 0 Å². The van der Waals surface area contributed by atoms with Crippen LogP contribution in [0.5, 0.6) is 5.75 Å². The molecule has 21 heavy (non-hydrogen) atoms. The van der Waals surface area contributed by atoms with Crippen LogP contribution >= 0.6 is 0 Å². The number of hydrogen-bond donors (Lipinski definition) is 2. The van der Waals surface area contributed by atoms with Crippen molar-refractivity contribution in [2.45, 2.75) is 25.4 Å². The number of carbonyl (C=O) groups is 2. The molecule has 0 saturated carbocycles. The van der Waals surface area contributed by atoms with E-state index in [9.17, 15) is 14.7 Å². The zero-order valence-electron chi connectivity index (χ0n) is 11.9. The van der Waals surface area contributed by atoms with E-state index in [4.69, 9.17) is 4.74 Å². The summed E-state index contributed by atoms with van der Waals surface area (Å²) < 4.78 is 5.32. The second-order valence-electron chi connectivity index (χ2n) is 5.84. The Bertz CT molecular complexity index is 587. The number of fused-ring (bicyclic) bond motifs is 1. The number of rotatable bonds is 1. The fourth-order valence-corrected chi connectivity index (χ4v) is 2.58. The minimum Gasteiger partial charge on any atom is -0.482 e. The van der Waals surface area contributed by atoms with Gasteiger partial charge >= 0.3 is 0 Å². The lowest BCUT2D eigenvalue weighted by Crippen LogP contribution is -2.45. The fraction of sp³-hybridized carbons (Fsp3) is 0.467. The van der Waals surface area contributed by atoms with E-state index in [0.29, 0.717) is 42.9 Å². The molecule has 2 aliphatic heterocycles. The molecule has 0 spiro atoms. The van der Waals surface area contributed by atoms with Crippen molar-refractivity contribution < 1.29 is 19.4 Å². The third kappa shape index (κ3) is 2.85. The number of anilines is 1. The Kier molecular flexibility index (Phi) is 3.33. The van der Waals surface area contributed by atoms with Crippen LogP contribution in [0.1, 0.15) is 30.1 Å². The van der Waals surface area contributed by atoms with Crippen LogP contribution in [-0.4, -0.2) is 47.1 Å². The van der Waals surface area contributed by atoms with Crippen LogP contribution < -0.4 is 10.1 Å². The molecule has 2 N–H and O–H groups in total. The first-order chi connectivity index (χ1) is 9.94. The summed E-state index contributed by atoms with van der Waals surface area (Å²) in [5, 5.41) is 12.6. The normalized spacial score (nSPS) is 20.3. The largest absolute Gasteiger partial charge is 0.482 e. The number of piperidine rings is 1. The highest BCUT2D eigenvalue weighted by Crippen LogP contribution is 2.30. The van der Waals surface area contributed by atoms with Crippen LogP contribution in [0.4, 0.5) is 5.69 Å². The Morgan fingerprint density at radius 3 is 2.81 bits per heavy atom. The Labute approximate surface area is 122 Å². The lowest BCUT2D eigenvalue weighted by Gasteiger charge is -2.35. The molecule has 0 unspecified atom stereocenters. The van der Waals surface area contributed by atoms with Crippen LogP contribution in [-0.2, 0) is 4.79 Å². The second kappa shape index (κ2) is 5.04. The average Bonchev–Trinajstić information content (AvgIpc) is 2.46. The van der Waals surface area contributed by atoms with Crippen LogP contribution in [0.15, 0.2) is 18.2 Å². The predicted octanol–water partition coefficient (Wildman–Crippen LogP) is 1.00. The van der Waals surface area contributed by atoms with Crippen molar-refractivity contribution in [1.82, 2.24) is 4.90 Å². The number of aliphatic hydroxyl groups is 1. The first-order valence-corrected chi connectivity index (χ1v) is 7.03. The summed E-state index contributed by atoms with van der Waals surface area (Å²) in [6.45, 7) is 2.85. The maximum Gasteiger partial charge on any atom is 0.262 e. The highest BCUT2D eigenvalue weighted by molar-refractivity contribution is 5.99. The van der Waals surface area contributed by atoms with E-state index in [1.54, 1.807) is 30.0 Å². The van der Waals surface area contributed by atoms with Gasteiger partial charge < -0.3 is 20.1 Å². The molecule has 6 nitrogen and oxygen atoms in total. The highest BCUT2D eigenvalue weighted by atomic mass is 16.5. The molecule has 0 atom stereocenters. The van der Waals surface area contributed by atoms with E-state index in [1.165, 1.54) is 0 Å². The molecule has 0 radical (unpaired) electrons. The maximum atomic E-state index is 12.5. The summed E-state index contributed by atoms with van der Waals surface area (Å²) in [4.78, 5) is 25.4. The predicted molar refractivity (Wildman–Crippen MR) is 76.3 cm³/mol. The molecular weight excluding hydrogens is 272 g/mol. The molecule has 2 heterocycles. The summed E-state index contributed by atoms with van der Waals surface area (Å²) in [6.07, 6.45) is 1.16. The van der Waals surface area contributed by atoms with Gasteiger partial charge in [0.2, 0.25) is 0 Å². The highest BCUT2D eigenvalue weighted by Gasteiger charge is 2.30. The van der Waals surface area contributed by atoms with Gasteiger partial charge in [0.25, 0.3) is 11.8 Å². The van der Waals surface area contributed by atoms with Crippen LogP contribution in [0.2, 0.25) is 0 Å². The van der Waals surface area contributed by atoms with Crippen molar-refractivity contribution in [3.05, 3.63) is 23.8 Å². The molecule has 1 aromatic carbocycles. The Balaban J connectivity index is 1.75. The molecule has 1 saturated heterocycles. The smallest absolute Gasteiger partial charge is 0.262 e. The molecule has 2 amide bonds. The number of benzene rings is 1. The van der Waals surface area contributed by atoms with Crippen molar-refractivity contribution >= 4 is 17.5 Å². The van der Waals surface area contributed by atoms with Crippen molar-refractivity contribution in [3.8, 4) is 5.75 Å². The molecule has 112 valence electrons. The van der Waals surface area contributed by atoms with Gasteiger partial charge in [-0.05, 0) is 38.0 Å². The summed E-state index contributed by atoms with van der Waals surface area (Å²) in [5.41, 5.74) is 0.441. The van der Waals surface area contributed by atoms with Gasteiger partial charge in [-0.25, -0.2) is 0 Å². The lowest BCUT2D eigenvalue weighted by molar-refractivity contribution is -0.118. The van der Waals surface area contributed by atoms with Crippen LogP contribution in [0.25, 0.3) is 0 Å². The molecule has 0 aromatic heterocycles. The van der Waals surface area contributed by atoms with Crippen LogP contribution in [0.3, 0.4) is 0 Å². The molecule has 0 aliphatic carbocycles. The first-order valence-electron chi connectivity index (χ1n) is 7.03. The van der Waals surface area contributed by atoms with E-state index in [0.717, 1.165) is 0 Å². The molecule has 2 aliphatic rings. The molecular formula is C15H18N2O4. The van der Waals surface area contributed by atoms with Gasteiger partial charge in [0, 0.05) is 18.7 Å². The second-order valence-corrected chi connectivity index (χ2v) is 5.84. The van der Waals surface area contributed by atoms with Gasteiger partial charge in [-0.2, -0.15) is 0 Å². The van der Waals surface area contributed by atoms with Gasteiger partial charge in [0.1, 0.15) is 5.75 Å². The quantitative estimate of drug-likeness (QED) is 0.809. The summed E-state index contributed by atoms with van der Waals surface area (Å²) in [5.74, 6) is 0.248. The fourth-order valence-electron chi connectivity index (χ4n) is 2.58. The minimum absolute atomic E-state index is 0.0305. The third-order valence-corrected chi connectivity index (χ3v) is 3.99. The average molecular weight is 290 g/mol. The van der Waals surface area contributed by atoms with Crippen molar-refractivity contribution in [2.75, 3.05) is 25.0 Å². The number of ether oxygens (including phenoxy) is 1. The van der Waals surface area contributed by atoms with Gasteiger partial charge in [-0.3, -0.25) is 9.59 Å². The number of nitrogens with one attached hydrogen (secondary N) is 1. The number of carbonyl (C=O) groups excluding carboxylic acids is 2. The number of nitrogens with zero attached hydrogens (tertiary/aromatic N) is 1. The van der Waals surface area contributed by atoms with E-state index in [2.05, 4.69) is 5.32 Å². The monoisotopic (exact) mass is 290 g/mol. The molecule has 6 heteroatoms. The summed E-state index contributed by atoms with van der Waals surface area (Å²) >= 11 is 0. The first kappa shape index (κ1) is 13.9. The van der Waals surface area contributed by atoms with Gasteiger partial charge in [-0.1, -0.05) is 0 Å². The number of hydrogen-bond acceptors (Lipinski definition) is 4. The Hall–Kier alpha value is -2.08. The van der Waals surface area contributed by atoms with Gasteiger partial charge in [0.15, 0.2) is 6.61 Å². The van der Waals surface area contributed by atoms with E-state index in [-0.39, 0.29) is 18.4 Å². The Morgan fingerprint density at radius 1 is 1.38 bits per heavy atom. The van der Waals surface area contributed by atoms with Crippen LogP contribution in [0, 0.1) is 0 Å². The zero-order valence-corrected chi connectivity index (χ0v) is 11.9. The van der Waals surface area contributed by atoms with Crippen molar-refractivity contribution in [2.24, 2.45) is 0 Å². The Morgan fingerprint density at radius 2 is 2.10 bits per heavy atom. The topological polar surface area (TPSA) is 78.9 Å². The van der Waals surface area contributed by atoms with E-state index >= 15 is 0 Å². The lowest BCUT2D eigenvalue weighted by atomic mass is 9.93. The zero-order chi connectivity index (χ0) is 15.0. The third-order valence-electron chi connectivity index (χ3n) is 3.99. The molecule has 0 bridgehead atoms. The van der Waals surface area contributed by atoms with Crippen molar-refractivity contribution in [3.63, 3.8) is 0 Å². The van der Waals surface area contributed by atoms with Gasteiger partial charge in [-0.15, -0.1) is 0 Å². The van der Waals surface area contributed by atoms with E-state index in [1.807, 2.05) is 0 Å². The SMILES string of the molecule is CC1(O)CCN(C(=O)c2ccc3c(c2)OCC(=O)N3)CC1. The standard InChI is InChI=1S/C15H18N2O4/c1-15(20)4-6-17(7-5-15)14(19)10-2-3-11-12(8-10)21-9-13(18)16-11/h2-3,8,20H,4-7,9H2,1H3,(H,16,18).